The molecule has 1 heterocycles. The second-order valence-electron chi connectivity index (χ2n) is 6.40. The first-order chi connectivity index (χ1) is 10.1. The predicted molar refractivity (Wildman–Crippen MR) is 88.4 cm³/mol. The van der Waals surface area contributed by atoms with Gasteiger partial charge in [-0.1, -0.05) is 31.2 Å². The minimum Gasteiger partial charge on any atom is -0.381 e. The third-order valence-corrected chi connectivity index (χ3v) is 4.66. The maximum absolute atomic E-state index is 6.45. The van der Waals surface area contributed by atoms with Gasteiger partial charge in [0.1, 0.15) is 0 Å². The molecule has 21 heavy (non-hydrogen) atoms. The van der Waals surface area contributed by atoms with Gasteiger partial charge in [-0.3, -0.25) is 4.90 Å². The highest BCUT2D eigenvalue weighted by Crippen LogP contribution is 2.28. The maximum Gasteiger partial charge on any atom is 0.0506 e. The minimum absolute atomic E-state index is 0.167. The Hall–Kier alpha value is -0.900. The normalized spacial score (nSPS) is 22.2. The summed E-state index contributed by atoms with van der Waals surface area (Å²) in [6.45, 7) is 7.24. The second kappa shape index (κ2) is 7.92. The van der Waals surface area contributed by atoms with Gasteiger partial charge in [0, 0.05) is 25.2 Å². The molecule has 2 N–H and O–H groups in total. The van der Waals surface area contributed by atoms with Crippen LogP contribution in [0, 0.1) is 12.8 Å². The van der Waals surface area contributed by atoms with E-state index in [4.69, 9.17) is 10.5 Å². The van der Waals surface area contributed by atoms with Crippen molar-refractivity contribution in [1.29, 1.82) is 0 Å². The molecule has 118 valence electrons. The monoisotopic (exact) mass is 290 g/mol. The second-order valence-corrected chi connectivity index (χ2v) is 6.40. The van der Waals surface area contributed by atoms with Crippen LogP contribution < -0.4 is 5.73 Å². The van der Waals surface area contributed by atoms with Gasteiger partial charge in [0.2, 0.25) is 0 Å². The molecule has 1 aliphatic rings. The van der Waals surface area contributed by atoms with Crippen LogP contribution in [-0.4, -0.2) is 37.7 Å². The Morgan fingerprint density at radius 3 is 2.76 bits per heavy atom. The average Bonchev–Trinajstić information content (AvgIpc) is 2.50. The smallest absolute Gasteiger partial charge is 0.0506 e. The van der Waals surface area contributed by atoms with E-state index in [1.807, 2.05) is 0 Å². The van der Waals surface area contributed by atoms with Crippen molar-refractivity contribution in [3.8, 4) is 0 Å². The van der Waals surface area contributed by atoms with Crippen LogP contribution in [-0.2, 0) is 4.74 Å². The summed E-state index contributed by atoms with van der Waals surface area (Å²) in [5.41, 5.74) is 9.15. The van der Waals surface area contributed by atoms with Crippen molar-refractivity contribution >= 4 is 0 Å². The van der Waals surface area contributed by atoms with Crippen molar-refractivity contribution in [2.75, 3.05) is 26.8 Å². The van der Waals surface area contributed by atoms with Gasteiger partial charge in [0.05, 0.1) is 6.61 Å². The van der Waals surface area contributed by atoms with Gasteiger partial charge in [-0.25, -0.2) is 0 Å². The van der Waals surface area contributed by atoms with Crippen LogP contribution in [0.2, 0.25) is 0 Å². The molecule has 0 bridgehead atoms. The summed E-state index contributed by atoms with van der Waals surface area (Å²) < 4.78 is 5.62. The van der Waals surface area contributed by atoms with Crippen molar-refractivity contribution in [2.24, 2.45) is 11.7 Å². The molecule has 3 atom stereocenters. The van der Waals surface area contributed by atoms with E-state index in [0.29, 0.717) is 5.92 Å². The molecule has 0 saturated carbocycles. The number of ether oxygens (including phenoxy) is 1. The van der Waals surface area contributed by atoms with Crippen LogP contribution in [0.1, 0.15) is 43.4 Å². The van der Waals surface area contributed by atoms with E-state index in [0.717, 1.165) is 26.2 Å². The summed E-state index contributed by atoms with van der Waals surface area (Å²) in [6, 6.07) is 9.09. The topological polar surface area (TPSA) is 38.5 Å². The molecular formula is C18H30N2O. The van der Waals surface area contributed by atoms with Crippen molar-refractivity contribution in [2.45, 2.75) is 45.2 Å². The summed E-state index contributed by atoms with van der Waals surface area (Å²) in [5.74, 6) is 0.638. The maximum atomic E-state index is 6.45. The average molecular weight is 290 g/mol. The standard InChI is InChI=1S/C18H30N2O/c1-4-17(19)18(16-10-6-5-8-14(16)2)20(3)12-15-9-7-11-21-13-15/h5-6,8,10,15,17-18H,4,7,9,11-13,19H2,1-3H3. The van der Waals surface area contributed by atoms with E-state index < -0.39 is 0 Å². The van der Waals surface area contributed by atoms with Crippen LogP contribution in [0.15, 0.2) is 24.3 Å². The molecule has 1 saturated heterocycles. The van der Waals surface area contributed by atoms with Gasteiger partial charge in [0.15, 0.2) is 0 Å². The number of rotatable bonds is 6. The lowest BCUT2D eigenvalue weighted by atomic mass is 9.92. The molecule has 3 unspecified atom stereocenters. The largest absolute Gasteiger partial charge is 0.381 e. The number of likely N-dealkylation sites (N-methyl/N-ethyl adjacent to an activating group) is 1. The summed E-state index contributed by atoms with van der Waals surface area (Å²) in [5, 5.41) is 0. The molecule has 2 rings (SSSR count). The summed E-state index contributed by atoms with van der Waals surface area (Å²) in [4.78, 5) is 2.44. The first kappa shape index (κ1) is 16.5. The van der Waals surface area contributed by atoms with E-state index in [2.05, 4.69) is 50.1 Å². The highest BCUT2D eigenvalue weighted by Gasteiger charge is 2.26. The quantitative estimate of drug-likeness (QED) is 0.875. The van der Waals surface area contributed by atoms with Crippen LogP contribution in [0.5, 0.6) is 0 Å². The van der Waals surface area contributed by atoms with Crippen LogP contribution in [0.3, 0.4) is 0 Å². The molecule has 1 aliphatic heterocycles. The first-order valence-electron chi connectivity index (χ1n) is 8.22. The Morgan fingerprint density at radius 1 is 1.38 bits per heavy atom. The number of nitrogens with zero attached hydrogens (tertiary/aromatic N) is 1. The highest BCUT2D eigenvalue weighted by molar-refractivity contribution is 5.30. The fourth-order valence-electron chi connectivity index (χ4n) is 3.41. The molecule has 1 aromatic rings. The molecule has 0 aromatic heterocycles. The van der Waals surface area contributed by atoms with Gasteiger partial charge in [-0.15, -0.1) is 0 Å². The zero-order valence-corrected chi connectivity index (χ0v) is 13.7. The number of benzene rings is 1. The first-order valence-corrected chi connectivity index (χ1v) is 8.22. The molecule has 0 spiro atoms. The van der Waals surface area contributed by atoms with Gasteiger partial charge in [-0.05, 0) is 50.3 Å². The summed E-state index contributed by atoms with van der Waals surface area (Å²) in [6.07, 6.45) is 3.45. The van der Waals surface area contributed by atoms with Crippen molar-refractivity contribution in [1.82, 2.24) is 4.90 Å². The van der Waals surface area contributed by atoms with Gasteiger partial charge in [0.25, 0.3) is 0 Å². The fourth-order valence-corrected chi connectivity index (χ4v) is 3.41. The Labute approximate surface area is 129 Å². The molecule has 3 heteroatoms. The zero-order chi connectivity index (χ0) is 15.2. The highest BCUT2D eigenvalue weighted by atomic mass is 16.5. The SMILES string of the molecule is CCC(N)C(c1ccccc1C)N(C)CC1CCCOC1. The lowest BCUT2D eigenvalue weighted by Gasteiger charge is -2.36. The van der Waals surface area contributed by atoms with Crippen LogP contribution in [0.4, 0.5) is 0 Å². The molecule has 1 aromatic carbocycles. The van der Waals surface area contributed by atoms with E-state index in [9.17, 15) is 0 Å². The molecule has 3 nitrogen and oxygen atoms in total. The molecule has 0 radical (unpaired) electrons. The van der Waals surface area contributed by atoms with Crippen molar-refractivity contribution in [3.05, 3.63) is 35.4 Å². The Balaban J connectivity index is 2.13. The predicted octanol–water partition coefficient (Wildman–Crippen LogP) is 3.13. The van der Waals surface area contributed by atoms with Crippen LogP contribution >= 0.6 is 0 Å². The minimum atomic E-state index is 0.167. The number of hydrogen-bond acceptors (Lipinski definition) is 3. The zero-order valence-electron chi connectivity index (χ0n) is 13.7. The van der Waals surface area contributed by atoms with E-state index in [1.54, 1.807) is 0 Å². The van der Waals surface area contributed by atoms with Crippen LogP contribution in [0.25, 0.3) is 0 Å². The Bertz CT molecular complexity index is 429. The van der Waals surface area contributed by atoms with Crippen molar-refractivity contribution in [3.63, 3.8) is 0 Å². The lowest BCUT2D eigenvalue weighted by Crippen LogP contribution is -2.42. The number of hydrogen-bond donors (Lipinski definition) is 1. The third kappa shape index (κ3) is 4.29. The van der Waals surface area contributed by atoms with Gasteiger partial charge < -0.3 is 10.5 Å². The lowest BCUT2D eigenvalue weighted by molar-refractivity contribution is 0.0338. The summed E-state index contributed by atoms with van der Waals surface area (Å²) in [7, 11) is 2.21. The number of nitrogens with two attached hydrogens (primary N) is 1. The molecule has 1 fully saturated rings. The Morgan fingerprint density at radius 2 is 2.14 bits per heavy atom. The van der Waals surface area contributed by atoms with Gasteiger partial charge in [-0.2, -0.15) is 0 Å². The molecular weight excluding hydrogens is 260 g/mol. The number of aryl methyl sites for hydroxylation is 1. The van der Waals surface area contributed by atoms with E-state index >= 15 is 0 Å². The van der Waals surface area contributed by atoms with E-state index in [-0.39, 0.29) is 12.1 Å². The van der Waals surface area contributed by atoms with Crippen molar-refractivity contribution < 1.29 is 4.74 Å². The fraction of sp³-hybridized carbons (Fsp3) is 0.667. The molecule has 0 amide bonds. The summed E-state index contributed by atoms with van der Waals surface area (Å²) >= 11 is 0. The molecule has 0 aliphatic carbocycles. The third-order valence-electron chi connectivity index (χ3n) is 4.66. The Kier molecular flexibility index (Phi) is 6.22. The van der Waals surface area contributed by atoms with E-state index in [1.165, 1.54) is 24.0 Å². The van der Waals surface area contributed by atoms with Gasteiger partial charge >= 0.3 is 0 Å².